The molecule has 17 heavy (non-hydrogen) atoms. The van der Waals surface area contributed by atoms with Crippen LogP contribution in [0.3, 0.4) is 0 Å². The smallest absolute Gasteiger partial charge is 0.0833 e. The first-order valence-corrected chi connectivity index (χ1v) is 7.43. The first-order chi connectivity index (χ1) is 8.07. The maximum Gasteiger partial charge on any atom is 0.0833 e. The highest BCUT2D eigenvalue weighted by Crippen LogP contribution is 2.72. The van der Waals surface area contributed by atoms with Gasteiger partial charge in [0.15, 0.2) is 0 Å². The SMILES string of the molecule is CCC1(C)CC2CC1C1C3CC(C(O)C3O)C21. The van der Waals surface area contributed by atoms with Gasteiger partial charge < -0.3 is 10.2 Å². The summed E-state index contributed by atoms with van der Waals surface area (Å²) in [7, 11) is 0. The molecule has 0 saturated heterocycles. The van der Waals surface area contributed by atoms with E-state index in [9.17, 15) is 10.2 Å². The van der Waals surface area contributed by atoms with Gasteiger partial charge in [-0.2, -0.15) is 0 Å². The standard InChI is InChI=1S/C15H24O2/c1-3-15(2)6-7-4-10(15)12-9-5-8(11(7)12)13(16)14(9)17/h7-14,16-17H,3-6H2,1-2H3. The number of hydrogen-bond acceptors (Lipinski definition) is 2. The largest absolute Gasteiger partial charge is 0.390 e. The Kier molecular flexibility index (Phi) is 1.96. The molecule has 0 radical (unpaired) electrons. The first-order valence-electron chi connectivity index (χ1n) is 7.43. The molecule has 9 atom stereocenters. The summed E-state index contributed by atoms with van der Waals surface area (Å²) in [6.45, 7) is 4.79. The highest BCUT2D eigenvalue weighted by atomic mass is 16.3. The van der Waals surface area contributed by atoms with Gasteiger partial charge in [-0.3, -0.25) is 0 Å². The Morgan fingerprint density at radius 1 is 1.06 bits per heavy atom. The Morgan fingerprint density at radius 2 is 1.71 bits per heavy atom. The van der Waals surface area contributed by atoms with Crippen LogP contribution in [-0.4, -0.2) is 22.4 Å². The Labute approximate surface area is 103 Å². The summed E-state index contributed by atoms with van der Waals surface area (Å²) >= 11 is 0. The van der Waals surface area contributed by atoms with Crippen molar-refractivity contribution >= 4 is 0 Å². The molecule has 2 N–H and O–H groups in total. The molecule has 4 bridgehead atoms. The maximum absolute atomic E-state index is 10.2. The molecular formula is C15H24O2. The van der Waals surface area contributed by atoms with Gasteiger partial charge in [0.1, 0.15) is 0 Å². The van der Waals surface area contributed by atoms with Crippen molar-refractivity contribution in [2.24, 2.45) is 40.9 Å². The van der Waals surface area contributed by atoms with Crippen LogP contribution in [0.15, 0.2) is 0 Å². The van der Waals surface area contributed by atoms with Crippen LogP contribution in [0.4, 0.5) is 0 Å². The molecule has 0 heterocycles. The third kappa shape index (κ3) is 1.06. The molecule has 0 aromatic carbocycles. The molecule has 4 aliphatic rings. The number of hydrogen-bond donors (Lipinski definition) is 2. The average Bonchev–Trinajstić information content (AvgIpc) is 2.98. The van der Waals surface area contributed by atoms with Crippen LogP contribution in [0.1, 0.15) is 39.5 Å². The molecule has 2 heteroatoms. The van der Waals surface area contributed by atoms with Crippen molar-refractivity contribution < 1.29 is 10.2 Å². The quantitative estimate of drug-likeness (QED) is 0.684. The van der Waals surface area contributed by atoms with Crippen molar-refractivity contribution in [3.05, 3.63) is 0 Å². The third-order valence-corrected chi connectivity index (χ3v) is 7.20. The van der Waals surface area contributed by atoms with Crippen LogP contribution >= 0.6 is 0 Å². The van der Waals surface area contributed by atoms with E-state index in [-0.39, 0.29) is 0 Å². The Morgan fingerprint density at radius 3 is 2.35 bits per heavy atom. The summed E-state index contributed by atoms with van der Waals surface area (Å²) in [6, 6.07) is 0. The summed E-state index contributed by atoms with van der Waals surface area (Å²) in [5.74, 6) is 4.02. The molecular weight excluding hydrogens is 212 g/mol. The van der Waals surface area contributed by atoms with E-state index in [1.54, 1.807) is 0 Å². The molecule has 0 spiro atoms. The van der Waals surface area contributed by atoms with Gasteiger partial charge in [-0.25, -0.2) is 0 Å². The van der Waals surface area contributed by atoms with Crippen molar-refractivity contribution in [2.45, 2.75) is 51.7 Å². The second kappa shape index (κ2) is 3.08. The summed E-state index contributed by atoms with van der Waals surface area (Å²) < 4.78 is 0. The summed E-state index contributed by atoms with van der Waals surface area (Å²) in [5.41, 5.74) is 0.529. The van der Waals surface area contributed by atoms with Gasteiger partial charge in [0.25, 0.3) is 0 Å². The minimum Gasteiger partial charge on any atom is -0.390 e. The van der Waals surface area contributed by atoms with Gasteiger partial charge >= 0.3 is 0 Å². The lowest BCUT2D eigenvalue weighted by molar-refractivity contribution is -0.0862. The summed E-state index contributed by atoms with van der Waals surface area (Å²) in [4.78, 5) is 0. The zero-order valence-electron chi connectivity index (χ0n) is 10.8. The minimum absolute atomic E-state index is 0.409. The van der Waals surface area contributed by atoms with Crippen LogP contribution in [0, 0.1) is 40.9 Å². The second-order valence-electron chi connectivity index (χ2n) is 7.51. The van der Waals surface area contributed by atoms with Crippen molar-refractivity contribution in [2.75, 3.05) is 0 Å². The predicted octanol–water partition coefficient (Wildman–Crippen LogP) is 2.05. The van der Waals surface area contributed by atoms with Crippen LogP contribution in [0.25, 0.3) is 0 Å². The van der Waals surface area contributed by atoms with E-state index in [4.69, 9.17) is 0 Å². The number of aliphatic hydroxyl groups excluding tert-OH is 2. The molecule has 0 aliphatic heterocycles. The zero-order valence-corrected chi connectivity index (χ0v) is 10.8. The third-order valence-electron chi connectivity index (χ3n) is 7.20. The van der Waals surface area contributed by atoms with Gasteiger partial charge in [0.2, 0.25) is 0 Å². The molecule has 0 aromatic rings. The lowest BCUT2D eigenvalue weighted by atomic mass is 9.60. The zero-order chi connectivity index (χ0) is 11.9. The molecule has 2 nitrogen and oxygen atoms in total. The Bertz CT molecular complexity index is 355. The Hall–Kier alpha value is -0.0800. The molecule has 4 aliphatic carbocycles. The lowest BCUT2D eigenvalue weighted by Crippen LogP contribution is -2.47. The van der Waals surface area contributed by atoms with Crippen LogP contribution in [0.5, 0.6) is 0 Å². The van der Waals surface area contributed by atoms with E-state index in [1.807, 2.05) is 0 Å². The molecule has 4 fully saturated rings. The summed E-state index contributed by atoms with van der Waals surface area (Å²) in [6.07, 6.45) is 4.32. The fourth-order valence-electron chi connectivity index (χ4n) is 6.44. The van der Waals surface area contributed by atoms with Gasteiger partial charge in [-0.15, -0.1) is 0 Å². The van der Waals surface area contributed by atoms with Gasteiger partial charge in [0, 0.05) is 0 Å². The number of fused-ring (bicyclic) bond motifs is 9. The average molecular weight is 236 g/mol. The normalized spacial score (nSPS) is 67.8. The molecule has 96 valence electrons. The Balaban J connectivity index is 1.70. The second-order valence-corrected chi connectivity index (χ2v) is 7.51. The highest BCUT2D eigenvalue weighted by molar-refractivity contribution is 5.17. The fourth-order valence-corrected chi connectivity index (χ4v) is 6.44. The molecule has 4 saturated carbocycles. The summed E-state index contributed by atoms with van der Waals surface area (Å²) in [5, 5.41) is 20.3. The maximum atomic E-state index is 10.2. The van der Waals surface area contributed by atoms with Gasteiger partial charge in [-0.05, 0) is 60.2 Å². The van der Waals surface area contributed by atoms with E-state index in [0.717, 1.165) is 30.1 Å². The van der Waals surface area contributed by atoms with Crippen LogP contribution in [0.2, 0.25) is 0 Å². The van der Waals surface area contributed by atoms with E-state index >= 15 is 0 Å². The van der Waals surface area contributed by atoms with Crippen molar-refractivity contribution in [3.8, 4) is 0 Å². The monoisotopic (exact) mass is 236 g/mol. The van der Waals surface area contributed by atoms with E-state index in [1.165, 1.54) is 19.3 Å². The van der Waals surface area contributed by atoms with Crippen molar-refractivity contribution in [1.82, 2.24) is 0 Å². The number of rotatable bonds is 1. The van der Waals surface area contributed by atoms with E-state index in [0.29, 0.717) is 17.3 Å². The van der Waals surface area contributed by atoms with Crippen LogP contribution < -0.4 is 0 Å². The molecule has 0 aromatic heterocycles. The minimum atomic E-state index is -0.415. The first kappa shape index (κ1) is 10.8. The van der Waals surface area contributed by atoms with Crippen molar-refractivity contribution in [3.63, 3.8) is 0 Å². The van der Waals surface area contributed by atoms with E-state index < -0.39 is 12.2 Å². The topological polar surface area (TPSA) is 40.5 Å². The fraction of sp³-hybridized carbons (Fsp3) is 1.00. The molecule has 4 rings (SSSR count). The lowest BCUT2D eigenvalue weighted by Gasteiger charge is -2.46. The van der Waals surface area contributed by atoms with Crippen molar-refractivity contribution in [1.29, 1.82) is 0 Å². The number of aliphatic hydroxyl groups is 2. The van der Waals surface area contributed by atoms with Gasteiger partial charge in [0.05, 0.1) is 12.2 Å². The van der Waals surface area contributed by atoms with E-state index in [2.05, 4.69) is 13.8 Å². The predicted molar refractivity (Wildman–Crippen MR) is 65.2 cm³/mol. The highest BCUT2D eigenvalue weighted by Gasteiger charge is 2.69. The van der Waals surface area contributed by atoms with Crippen LogP contribution in [-0.2, 0) is 0 Å². The molecule has 9 unspecified atom stereocenters. The van der Waals surface area contributed by atoms with Gasteiger partial charge in [-0.1, -0.05) is 20.3 Å². The molecule has 0 amide bonds.